The fraction of sp³-hybridized carbons (Fsp3) is 0.556. The van der Waals surface area contributed by atoms with Crippen LogP contribution in [0.15, 0.2) is 21.9 Å². The molecule has 1 aromatic rings. The van der Waals surface area contributed by atoms with Crippen molar-refractivity contribution in [2.24, 2.45) is 0 Å². The van der Waals surface area contributed by atoms with Crippen LogP contribution in [0.2, 0.25) is 0 Å². The van der Waals surface area contributed by atoms with Gasteiger partial charge < -0.3 is 4.74 Å². The van der Waals surface area contributed by atoms with Crippen LogP contribution in [0.5, 0.6) is 0 Å². The van der Waals surface area contributed by atoms with Crippen molar-refractivity contribution in [1.82, 2.24) is 9.55 Å². The van der Waals surface area contributed by atoms with Crippen LogP contribution in [0.4, 0.5) is 0 Å². The number of ether oxygens (including phenoxy) is 1. The Balaban J connectivity index is 2.31. The molecule has 1 saturated heterocycles. The van der Waals surface area contributed by atoms with Crippen LogP contribution in [0.1, 0.15) is 25.5 Å². The van der Waals surface area contributed by atoms with Gasteiger partial charge in [-0.1, -0.05) is 0 Å². The zero-order valence-corrected chi connectivity index (χ0v) is 7.73. The number of hydrogen-bond acceptors (Lipinski definition) is 3. The Kier molecular flexibility index (Phi) is 2.49. The third kappa shape index (κ3) is 1.77. The molecule has 1 fully saturated rings. The molecule has 1 aliphatic heterocycles. The van der Waals surface area contributed by atoms with Crippen molar-refractivity contribution in [3.63, 3.8) is 0 Å². The van der Waals surface area contributed by atoms with Crippen LogP contribution < -0.4 is 11.2 Å². The van der Waals surface area contributed by atoms with Gasteiger partial charge in [-0.05, 0) is 19.3 Å². The van der Waals surface area contributed by atoms with Gasteiger partial charge in [0, 0.05) is 18.9 Å². The van der Waals surface area contributed by atoms with E-state index in [0.717, 1.165) is 19.3 Å². The second-order valence-corrected chi connectivity index (χ2v) is 3.34. The molecule has 1 unspecified atom stereocenters. The Morgan fingerprint density at radius 2 is 2.29 bits per heavy atom. The molecule has 0 saturated carbocycles. The molecular formula is C9H12N2O3. The summed E-state index contributed by atoms with van der Waals surface area (Å²) in [6.45, 7) is 0.677. The van der Waals surface area contributed by atoms with Crippen LogP contribution in [-0.4, -0.2) is 16.2 Å². The van der Waals surface area contributed by atoms with E-state index < -0.39 is 5.69 Å². The lowest BCUT2D eigenvalue weighted by molar-refractivity contribution is -0.0349. The van der Waals surface area contributed by atoms with Crippen LogP contribution in [-0.2, 0) is 4.74 Å². The number of H-pyrrole nitrogens is 1. The lowest BCUT2D eigenvalue weighted by Crippen LogP contribution is -2.33. The van der Waals surface area contributed by atoms with Crippen LogP contribution >= 0.6 is 0 Å². The second-order valence-electron chi connectivity index (χ2n) is 3.34. The van der Waals surface area contributed by atoms with Gasteiger partial charge in [0.25, 0.3) is 5.56 Å². The normalized spacial score (nSPS) is 22.1. The third-order valence-electron chi connectivity index (χ3n) is 2.32. The first-order valence-electron chi connectivity index (χ1n) is 4.70. The lowest BCUT2D eigenvalue weighted by Gasteiger charge is -2.23. The average Bonchev–Trinajstić information content (AvgIpc) is 2.19. The number of nitrogens with zero attached hydrogens (tertiary/aromatic N) is 1. The Hall–Kier alpha value is -1.36. The summed E-state index contributed by atoms with van der Waals surface area (Å²) in [5.74, 6) is 0. The van der Waals surface area contributed by atoms with Crippen molar-refractivity contribution in [3.8, 4) is 0 Å². The topological polar surface area (TPSA) is 64.1 Å². The summed E-state index contributed by atoms with van der Waals surface area (Å²) in [6, 6.07) is 1.33. The van der Waals surface area contributed by atoms with E-state index in [9.17, 15) is 9.59 Å². The summed E-state index contributed by atoms with van der Waals surface area (Å²) in [5.41, 5.74) is -0.772. The molecule has 14 heavy (non-hydrogen) atoms. The maximum atomic E-state index is 11.4. The molecule has 0 radical (unpaired) electrons. The highest BCUT2D eigenvalue weighted by molar-refractivity contribution is 4.84. The maximum absolute atomic E-state index is 11.4. The number of aromatic amines is 1. The quantitative estimate of drug-likeness (QED) is 0.699. The molecule has 1 aromatic heterocycles. The van der Waals surface area contributed by atoms with Gasteiger partial charge in [0.05, 0.1) is 0 Å². The summed E-state index contributed by atoms with van der Waals surface area (Å²) in [6.07, 6.45) is 4.18. The fourth-order valence-corrected chi connectivity index (χ4v) is 1.60. The first-order chi connectivity index (χ1) is 6.77. The number of nitrogens with one attached hydrogen (secondary N) is 1. The first-order valence-corrected chi connectivity index (χ1v) is 4.70. The Labute approximate surface area is 80.3 Å². The molecule has 0 aliphatic carbocycles. The summed E-state index contributed by atoms with van der Waals surface area (Å²) < 4.78 is 6.86. The Morgan fingerprint density at radius 3 is 2.93 bits per heavy atom. The summed E-state index contributed by atoms with van der Waals surface area (Å²) in [5, 5.41) is 0. The van der Waals surface area contributed by atoms with Gasteiger partial charge in [0.15, 0.2) is 0 Å². The maximum Gasteiger partial charge on any atom is 0.330 e. The van der Waals surface area contributed by atoms with E-state index in [0.29, 0.717) is 6.61 Å². The van der Waals surface area contributed by atoms with Crippen molar-refractivity contribution in [3.05, 3.63) is 33.1 Å². The molecule has 2 heterocycles. The number of hydrogen-bond donors (Lipinski definition) is 1. The molecule has 0 bridgehead atoms. The van der Waals surface area contributed by atoms with Gasteiger partial charge in [-0.3, -0.25) is 14.3 Å². The van der Waals surface area contributed by atoms with Crippen molar-refractivity contribution in [1.29, 1.82) is 0 Å². The molecular weight excluding hydrogens is 184 g/mol. The molecule has 0 aromatic carbocycles. The SMILES string of the molecule is O=c1ccn(C2CCCCO2)c(=O)[nH]1. The van der Waals surface area contributed by atoms with Gasteiger partial charge in [-0.2, -0.15) is 0 Å². The van der Waals surface area contributed by atoms with Crippen molar-refractivity contribution in [2.75, 3.05) is 6.61 Å². The standard InChI is InChI=1S/C9H12N2O3/c12-7-4-5-11(9(13)10-7)8-3-1-2-6-14-8/h4-5,8H,1-3,6H2,(H,10,12,13). The molecule has 0 spiro atoms. The van der Waals surface area contributed by atoms with Gasteiger partial charge in [0.1, 0.15) is 6.23 Å². The monoisotopic (exact) mass is 196 g/mol. The predicted octanol–water partition coefficient (Wildman–Crippen LogP) is 0.236. The Morgan fingerprint density at radius 1 is 1.43 bits per heavy atom. The fourth-order valence-electron chi connectivity index (χ4n) is 1.60. The first kappa shape index (κ1) is 9.21. The van der Waals surface area contributed by atoms with Gasteiger partial charge in [-0.15, -0.1) is 0 Å². The molecule has 2 rings (SSSR count). The highest BCUT2D eigenvalue weighted by Gasteiger charge is 2.16. The smallest absolute Gasteiger partial charge is 0.330 e. The number of rotatable bonds is 1. The minimum absolute atomic E-state index is 0.215. The molecule has 1 atom stereocenters. The number of aromatic nitrogens is 2. The largest absolute Gasteiger partial charge is 0.358 e. The average molecular weight is 196 g/mol. The summed E-state index contributed by atoms with van der Waals surface area (Å²) in [7, 11) is 0. The summed E-state index contributed by atoms with van der Waals surface area (Å²) >= 11 is 0. The zero-order chi connectivity index (χ0) is 9.97. The van der Waals surface area contributed by atoms with Crippen LogP contribution in [0, 0.1) is 0 Å². The minimum atomic E-state index is -0.399. The van der Waals surface area contributed by atoms with E-state index in [1.165, 1.54) is 16.8 Å². The highest BCUT2D eigenvalue weighted by Crippen LogP contribution is 2.19. The van der Waals surface area contributed by atoms with Gasteiger partial charge in [-0.25, -0.2) is 4.79 Å². The van der Waals surface area contributed by atoms with Gasteiger partial charge in [0.2, 0.25) is 0 Å². The molecule has 5 heteroatoms. The molecule has 1 aliphatic rings. The Bertz CT molecular complexity index is 415. The van der Waals surface area contributed by atoms with Crippen LogP contribution in [0.25, 0.3) is 0 Å². The highest BCUT2D eigenvalue weighted by atomic mass is 16.5. The van der Waals surface area contributed by atoms with E-state index in [1.807, 2.05) is 0 Å². The molecule has 76 valence electrons. The molecule has 0 amide bonds. The lowest BCUT2D eigenvalue weighted by atomic mass is 10.2. The van der Waals surface area contributed by atoms with E-state index in [4.69, 9.17) is 4.74 Å². The van der Waals surface area contributed by atoms with E-state index in [-0.39, 0.29) is 11.8 Å². The summed E-state index contributed by atoms with van der Waals surface area (Å²) in [4.78, 5) is 24.4. The van der Waals surface area contributed by atoms with Gasteiger partial charge >= 0.3 is 5.69 Å². The van der Waals surface area contributed by atoms with Crippen molar-refractivity contribution in [2.45, 2.75) is 25.5 Å². The van der Waals surface area contributed by atoms with Crippen LogP contribution in [0.3, 0.4) is 0 Å². The van der Waals surface area contributed by atoms with Crippen molar-refractivity contribution < 1.29 is 4.74 Å². The van der Waals surface area contributed by atoms with E-state index in [1.54, 1.807) is 0 Å². The third-order valence-corrected chi connectivity index (χ3v) is 2.32. The molecule has 5 nitrogen and oxygen atoms in total. The minimum Gasteiger partial charge on any atom is -0.358 e. The zero-order valence-electron chi connectivity index (χ0n) is 7.73. The second kappa shape index (κ2) is 3.79. The van der Waals surface area contributed by atoms with E-state index >= 15 is 0 Å². The van der Waals surface area contributed by atoms with Crippen molar-refractivity contribution >= 4 is 0 Å². The molecule has 1 N–H and O–H groups in total. The predicted molar refractivity (Wildman–Crippen MR) is 50.2 cm³/mol. The van der Waals surface area contributed by atoms with E-state index in [2.05, 4.69) is 4.98 Å².